The summed E-state index contributed by atoms with van der Waals surface area (Å²) in [6, 6.07) is 3.63. The van der Waals surface area contributed by atoms with E-state index in [-0.39, 0.29) is 18.2 Å². The fourth-order valence-corrected chi connectivity index (χ4v) is 2.56. The molecule has 0 aliphatic carbocycles. The number of hydrogen-bond acceptors (Lipinski definition) is 5. The summed E-state index contributed by atoms with van der Waals surface area (Å²) in [5.74, 6) is 0.564. The largest absolute Gasteiger partial charge is 0.475 e. The Balaban J connectivity index is 1.76. The molecule has 0 unspecified atom stereocenters. The van der Waals surface area contributed by atoms with Gasteiger partial charge in [-0.25, -0.2) is 9.78 Å². The van der Waals surface area contributed by atoms with E-state index in [0.717, 1.165) is 38.4 Å². The zero-order valence-corrected chi connectivity index (χ0v) is 14.7. The number of morpholine rings is 1. The third-order valence-electron chi connectivity index (χ3n) is 3.65. The van der Waals surface area contributed by atoms with Gasteiger partial charge in [0, 0.05) is 44.0 Å². The first-order chi connectivity index (χ1) is 11.5. The molecule has 2 rings (SSSR count). The first-order valence-corrected chi connectivity index (χ1v) is 8.49. The molecule has 1 atom stereocenters. The number of pyridine rings is 1. The molecule has 1 aromatic heterocycles. The summed E-state index contributed by atoms with van der Waals surface area (Å²) in [7, 11) is 0. The zero-order chi connectivity index (χ0) is 17.4. The Morgan fingerprint density at radius 2 is 2.12 bits per heavy atom. The van der Waals surface area contributed by atoms with E-state index < -0.39 is 0 Å². The first kappa shape index (κ1) is 18.5. The number of urea groups is 1. The summed E-state index contributed by atoms with van der Waals surface area (Å²) in [5.41, 5.74) is 0.863. The summed E-state index contributed by atoms with van der Waals surface area (Å²) in [5, 5.41) is 5.83. The standard InChI is InChI=1S/C17H28N4O3/c1-13(2)24-16-15(5-4-6-18-16)11-19-17(22)20-14(3)12-21-7-9-23-10-8-21/h4-6,13-14H,7-12H2,1-3H3,(H2,19,20,22)/t14-/m1/s1. The predicted molar refractivity (Wildman–Crippen MR) is 92.1 cm³/mol. The number of carbonyl (C=O) groups excluding carboxylic acids is 1. The highest BCUT2D eigenvalue weighted by Gasteiger charge is 2.15. The van der Waals surface area contributed by atoms with Crippen molar-refractivity contribution in [1.29, 1.82) is 0 Å². The van der Waals surface area contributed by atoms with E-state index in [9.17, 15) is 4.79 Å². The lowest BCUT2D eigenvalue weighted by atomic mass is 10.2. The van der Waals surface area contributed by atoms with Gasteiger partial charge in [0.2, 0.25) is 5.88 Å². The van der Waals surface area contributed by atoms with Crippen LogP contribution in [0.3, 0.4) is 0 Å². The minimum Gasteiger partial charge on any atom is -0.475 e. The Morgan fingerprint density at radius 3 is 2.83 bits per heavy atom. The van der Waals surface area contributed by atoms with Crippen LogP contribution in [0, 0.1) is 0 Å². The summed E-state index contributed by atoms with van der Waals surface area (Å²) in [4.78, 5) is 18.6. The Labute approximate surface area is 143 Å². The molecule has 0 aromatic carbocycles. The molecule has 2 heterocycles. The van der Waals surface area contributed by atoms with Crippen molar-refractivity contribution in [3.05, 3.63) is 23.9 Å². The summed E-state index contributed by atoms with van der Waals surface area (Å²) in [6.07, 6.45) is 1.73. The van der Waals surface area contributed by atoms with Crippen molar-refractivity contribution in [2.45, 2.75) is 39.5 Å². The molecule has 2 amide bonds. The highest BCUT2D eigenvalue weighted by molar-refractivity contribution is 5.74. The number of carbonyl (C=O) groups is 1. The maximum absolute atomic E-state index is 12.1. The van der Waals surface area contributed by atoms with Crippen molar-refractivity contribution in [1.82, 2.24) is 20.5 Å². The van der Waals surface area contributed by atoms with Crippen LogP contribution in [0.15, 0.2) is 18.3 Å². The number of nitrogens with zero attached hydrogens (tertiary/aromatic N) is 2. The van der Waals surface area contributed by atoms with Crippen LogP contribution >= 0.6 is 0 Å². The fourth-order valence-electron chi connectivity index (χ4n) is 2.56. The van der Waals surface area contributed by atoms with Crippen molar-refractivity contribution < 1.29 is 14.3 Å². The van der Waals surface area contributed by atoms with Crippen LogP contribution in [0.2, 0.25) is 0 Å². The van der Waals surface area contributed by atoms with Gasteiger partial charge in [-0.1, -0.05) is 6.07 Å². The third-order valence-corrected chi connectivity index (χ3v) is 3.65. The van der Waals surface area contributed by atoms with Gasteiger partial charge >= 0.3 is 6.03 Å². The van der Waals surface area contributed by atoms with Crippen LogP contribution < -0.4 is 15.4 Å². The number of amides is 2. The summed E-state index contributed by atoms with van der Waals surface area (Å²) < 4.78 is 11.0. The van der Waals surface area contributed by atoms with Crippen molar-refractivity contribution in [2.24, 2.45) is 0 Å². The van der Waals surface area contributed by atoms with Gasteiger partial charge in [0.05, 0.1) is 19.3 Å². The maximum atomic E-state index is 12.1. The Bertz CT molecular complexity index is 518. The van der Waals surface area contributed by atoms with Crippen LogP contribution in [0.5, 0.6) is 5.88 Å². The first-order valence-electron chi connectivity index (χ1n) is 8.49. The van der Waals surface area contributed by atoms with E-state index >= 15 is 0 Å². The van der Waals surface area contributed by atoms with Crippen molar-refractivity contribution in [3.63, 3.8) is 0 Å². The van der Waals surface area contributed by atoms with E-state index in [4.69, 9.17) is 9.47 Å². The molecule has 1 fully saturated rings. The average Bonchev–Trinajstić information content (AvgIpc) is 2.54. The second-order valence-corrected chi connectivity index (χ2v) is 6.28. The molecule has 0 saturated carbocycles. The maximum Gasteiger partial charge on any atom is 0.315 e. The minimum absolute atomic E-state index is 0.0426. The minimum atomic E-state index is -0.185. The Hall–Kier alpha value is -1.86. The molecule has 1 aromatic rings. The molecular weight excluding hydrogens is 308 g/mol. The van der Waals surface area contributed by atoms with Crippen molar-refractivity contribution in [3.8, 4) is 5.88 Å². The smallest absolute Gasteiger partial charge is 0.315 e. The predicted octanol–water partition coefficient (Wildman–Crippen LogP) is 1.39. The van der Waals surface area contributed by atoms with Gasteiger partial charge in [-0.3, -0.25) is 4.90 Å². The number of nitrogens with one attached hydrogen (secondary N) is 2. The number of ether oxygens (including phenoxy) is 2. The van der Waals surface area contributed by atoms with E-state index in [1.807, 2.05) is 32.9 Å². The highest BCUT2D eigenvalue weighted by atomic mass is 16.5. The van der Waals surface area contributed by atoms with Gasteiger partial charge in [-0.15, -0.1) is 0 Å². The normalized spacial score (nSPS) is 16.7. The van der Waals surface area contributed by atoms with Crippen LogP contribution in [-0.2, 0) is 11.3 Å². The molecule has 24 heavy (non-hydrogen) atoms. The van der Waals surface area contributed by atoms with Gasteiger partial charge in [-0.2, -0.15) is 0 Å². The molecule has 1 aliphatic heterocycles. The molecular formula is C17H28N4O3. The lowest BCUT2D eigenvalue weighted by Crippen LogP contribution is -2.48. The van der Waals surface area contributed by atoms with Crippen LogP contribution in [0.25, 0.3) is 0 Å². The topological polar surface area (TPSA) is 75.7 Å². The average molecular weight is 336 g/mol. The van der Waals surface area contributed by atoms with Crippen molar-refractivity contribution in [2.75, 3.05) is 32.8 Å². The monoisotopic (exact) mass is 336 g/mol. The van der Waals surface area contributed by atoms with E-state index in [1.165, 1.54) is 0 Å². The number of rotatable bonds is 7. The van der Waals surface area contributed by atoms with Gasteiger partial charge in [0.25, 0.3) is 0 Å². The summed E-state index contributed by atoms with van der Waals surface area (Å²) >= 11 is 0. The molecule has 0 bridgehead atoms. The molecule has 7 heteroatoms. The van der Waals surface area contributed by atoms with Gasteiger partial charge in [0.15, 0.2) is 0 Å². The van der Waals surface area contributed by atoms with Gasteiger partial charge in [-0.05, 0) is 26.8 Å². The van der Waals surface area contributed by atoms with E-state index in [2.05, 4.69) is 20.5 Å². The Kier molecular flexibility index (Phi) is 7.27. The lowest BCUT2D eigenvalue weighted by Gasteiger charge is -2.29. The van der Waals surface area contributed by atoms with Gasteiger partial charge in [0.1, 0.15) is 0 Å². The number of hydrogen-bond donors (Lipinski definition) is 2. The zero-order valence-electron chi connectivity index (χ0n) is 14.7. The second kappa shape index (κ2) is 9.44. The fraction of sp³-hybridized carbons (Fsp3) is 0.647. The third kappa shape index (κ3) is 6.33. The molecule has 7 nitrogen and oxygen atoms in total. The van der Waals surface area contributed by atoms with Crippen LogP contribution in [0.4, 0.5) is 4.79 Å². The van der Waals surface area contributed by atoms with Gasteiger partial charge < -0.3 is 20.1 Å². The summed E-state index contributed by atoms with van der Waals surface area (Å²) in [6.45, 7) is 10.5. The Morgan fingerprint density at radius 1 is 1.38 bits per heavy atom. The van der Waals surface area contributed by atoms with Crippen LogP contribution in [-0.4, -0.2) is 60.9 Å². The molecule has 0 spiro atoms. The molecule has 134 valence electrons. The van der Waals surface area contributed by atoms with E-state index in [0.29, 0.717) is 12.4 Å². The molecule has 1 aliphatic rings. The number of aromatic nitrogens is 1. The molecule has 2 N–H and O–H groups in total. The quantitative estimate of drug-likeness (QED) is 0.787. The highest BCUT2D eigenvalue weighted by Crippen LogP contribution is 2.15. The lowest BCUT2D eigenvalue weighted by molar-refractivity contribution is 0.0349. The van der Waals surface area contributed by atoms with E-state index in [1.54, 1.807) is 6.20 Å². The SMILES string of the molecule is CC(C)Oc1ncccc1CNC(=O)N[C@H](C)CN1CCOCC1. The second-order valence-electron chi connectivity index (χ2n) is 6.28. The molecule has 0 radical (unpaired) electrons. The molecule has 1 saturated heterocycles. The van der Waals surface area contributed by atoms with Crippen molar-refractivity contribution >= 4 is 6.03 Å². The van der Waals surface area contributed by atoms with Crippen LogP contribution in [0.1, 0.15) is 26.3 Å².